The molecule has 0 unspecified atom stereocenters. The van der Waals surface area contributed by atoms with Crippen molar-refractivity contribution >= 4 is 10.8 Å². The van der Waals surface area contributed by atoms with Crippen molar-refractivity contribution in [2.45, 2.75) is 64.2 Å². The summed E-state index contributed by atoms with van der Waals surface area (Å²) >= 11 is 0. The second kappa shape index (κ2) is 8.90. The van der Waals surface area contributed by atoms with Crippen LogP contribution in [0.4, 0.5) is 4.39 Å². The maximum absolute atomic E-state index is 13.3. The van der Waals surface area contributed by atoms with E-state index in [4.69, 9.17) is 0 Å². The molecular weight excluding hydrogens is 343 g/mol. The van der Waals surface area contributed by atoms with E-state index in [9.17, 15) is 4.39 Å². The van der Waals surface area contributed by atoms with Crippen LogP contribution in [0.15, 0.2) is 60.7 Å². The summed E-state index contributed by atoms with van der Waals surface area (Å²) in [5, 5.41) is 2.09. The molecule has 3 aromatic rings. The Morgan fingerprint density at radius 1 is 0.750 bits per heavy atom. The number of halogens is 1. The number of hydrogen-bond acceptors (Lipinski definition) is 0. The Hall–Kier alpha value is -2.15. The normalized spacial score (nSPS) is 19.8. The van der Waals surface area contributed by atoms with Crippen molar-refractivity contribution in [1.82, 2.24) is 0 Å². The predicted molar refractivity (Wildman–Crippen MR) is 117 cm³/mol. The summed E-state index contributed by atoms with van der Waals surface area (Å²) < 4.78 is 13.3. The van der Waals surface area contributed by atoms with Gasteiger partial charge in [0.25, 0.3) is 0 Å². The van der Waals surface area contributed by atoms with E-state index in [-0.39, 0.29) is 5.82 Å². The number of fused-ring (bicyclic) bond motifs is 1. The van der Waals surface area contributed by atoms with Crippen LogP contribution in [-0.4, -0.2) is 0 Å². The van der Waals surface area contributed by atoms with Crippen LogP contribution in [0.25, 0.3) is 10.8 Å². The molecule has 1 fully saturated rings. The van der Waals surface area contributed by atoms with Crippen LogP contribution in [0.1, 0.15) is 68.1 Å². The Bertz CT molecular complexity index is 901. The second-order valence-corrected chi connectivity index (χ2v) is 8.57. The van der Waals surface area contributed by atoms with Crippen molar-refractivity contribution in [2.75, 3.05) is 0 Å². The van der Waals surface area contributed by atoms with E-state index in [0.717, 1.165) is 35.4 Å². The monoisotopic (exact) mass is 374 g/mol. The van der Waals surface area contributed by atoms with Gasteiger partial charge in [0.2, 0.25) is 0 Å². The first kappa shape index (κ1) is 19.2. The molecule has 0 amide bonds. The molecule has 28 heavy (non-hydrogen) atoms. The van der Waals surface area contributed by atoms with Gasteiger partial charge in [0, 0.05) is 0 Å². The molecule has 0 saturated heterocycles. The van der Waals surface area contributed by atoms with Crippen molar-refractivity contribution in [3.8, 4) is 0 Å². The Balaban J connectivity index is 1.34. The minimum atomic E-state index is -0.167. The highest BCUT2D eigenvalue weighted by Gasteiger charge is 2.21. The van der Waals surface area contributed by atoms with Gasteiger partial charge in [-0.1, -0.05) is 68.3 Å². The summed E-state index contributed by atoms with van der Waals surface area (Å²) in [4.78, 5) is 0. The zero-order valence-electron chi connectivity index (χ0n) is 17.0. The molecule has 0 aliphatic heterocycles. The predicted octanol–water partition coefficient (Wildman–Crippen LogP) is 7.84. The lowest BCUT2D eigenvalue weighted by Gasteiger charge is -2.28. The highest BCUT2D eigenvalue weighted by atomic mass is 19.1. The smallest absolute Gasteiger partial charge is 0.123 e. The third-order valence-electron chi connectivity index (χ3n) is 6.56. The average Bonchev–Trinajstić information content (AvgIpc) is 2.73. The number of rotatable bonds is 6. The lowest BCUT2D eigenvalue weighted by Crippen LogP contribution is -2.13. The Kier molecular flexibility index (Phi) is 6.10. The molecule has 0 spiro atoms. The van der Waals surface area contributed by atoms with Gasteiger partial charge in [-0.15, -0.1) is 0 Å². The molecule has 1 saturated carbocycles. The van der Waals surface area contributed by atoms with Crippen molar-refractivity contribution < 1.29 is 4.39 Å². The van der Waals surface area contributed by atoms with Crippen LogP contribution < -0.4 is 0 Å². The Morgan fingerprint density at radius 3 is 2.14 bits per heavy atom. The van der Waals surface area contributed by atoms with Gasteiger partial charge in [0.15, 0.2) is 0 Å². The molecule has 0 N–H and O–H groups in total. The molecule has 0 aromatic heterocycles. The third kappa shape index (κ3) is 4.63. The molecule has 146 valence electrons. The van der Waals surface area contributed by atoms with Gasteiger partial charge in [-0.25, -0.2) is 4.39 Å². The summed E-state index contributed by atoms with van der Waals surface area (Å²) in [6, 6.07) is 20.8. The van der Waals surface area contributed by atoms with Crippen LogP contribution in [-0.2, 0) is 12.8 Å². The zero-order valence-corrected chi connectivity index (χ0v) is 17.0. The molecule has 3 aromatic carbocycles. The Labute approximate surface area is 168 Å². The molecule has 0 radical (unpaired) electrons. The SMILES string of the molecule is CCC[C@H]1CC[C@H](c2ccc(CCc3ccc4cc(F)ccc4c3)cc2)CC1. The van der Waals surface area contributed by atoms with Crippen LogP contribution in [0, 0.1) is 11.7 Å². The molecule has 1 heteroatoms. The van der Waals surface area contributed by atoms with E-state index in [0.29, 0.717) is 0 Å². The van der Waals surface area contributed by atoms with E-state index in [1.807, 2.05) is 12.1 Å². The van der Waals surface area contributed by atoms with Crippen molar-refractivity contribution in [2.24, 2.45) is 5.92 Å². The highest BCUT2D eigenvalue weighted by molar-refractivity contribution is 5.83. The van der Waals surface area contributed by atoms with Gasteiger partial charge in [-0.2, -0.15) is 0 Å². The number of hydrogen-bond donors (Lipinski definition) is 0. The molecule has 0 atom stereocenters. The maximum Gasteiger partial charge on any atom is 0.123 e. The van der Waals surface area contributed by atoms with Crippen molar-refractivity contribution in [3.63, 3.8) is 0 Å². The molecule has 0 bridgehead atoms. The van der Waals surface area contributed by atoms with E-state index in [1.165, 1.54) is 55.2 Å². The first-order valence-corrected chi connectivity index (χ1v) is 11.0. The van der Waals surface area contributed by atoms with Crippen molar-refractivity contribution in [3.05, 3.63) is 83.2 Å². The topological polar surface area (TPSA) is 0 Å². The zero-order chi connectivity index (χ0) is 19.3. The largest absolute Gasteiger partial charge is 0.207 e. The quantitative estimate of drug-likeness (QED) is 0.412. The third-order valence-corrected chi connectivity index (χ3v) is 6.56. The van der Waals surface area contributed by atoms with Gasteiger partial charge >= 0.3 is 0 Å². The minimum Gasteiger partial charge on any atom is -0.207 e. The summed E-state index contributed by atoms with van der Waals surface area (Å²) in [5.74, 6) is 1.57. The lowest BCUT2D eigenvalue weighted by molar-refractivity contribution is 0.308. The lowest BCUT2D eigenvalue weighted by atomic mass is 9.77. The van der Waals surface area contributed by atoms with Crippen LogP contribution in [0.5, 0.6) is 0 Å². The summed E-state index contributed by atoms with van der Waals surface area (Å²) in [5.41, 5.74) is 4.26. The second-order valence-electron chi connectivity index (χ2n) is 8.57. The van der Waals surface area contributed by atoms with Gasteiger partial charge in [-0.3, -0.25) is 0 Å². The number of benzene rings is 3. The van der Waals surface area contributed by atoms with Gasteiger partial charge < -0.3 is 0 Å². The fourth-order valence-electron chi connectivity index (χ4n) is 4.86. The first-order chi connectivity index (χ1) is 13.7. The van der Waals surface area contributed by atoms with E-state index in [1.54, 1.807) is 12.1 Å². The Morgan fingerprint density at radius 2 is 1.39 bits per heavy atom. The van der Waals surface area contributed by atoms with E-state index >= 15 is 0 Å². The molecule has 1 aliphatic carbocycles. The fraction of sp³-hybridized carbons (Fsp3) is 0.407. The van der Waals surface area contributed by atoms with Crippen LogP contribution in [0.2, 0.25) is 0 Å². The number of aryl methyl sites for hydroxylation is 2. The molecule has 1 aliphatic rings. The fourth-order valence-corrected chi connectivity index (χ4v) is 4.86. The summed E-state index contributed by atoms with van der Waals surface area (Å²) in [7, 11) is 0. The van der Waals surface area contributed by atoms with Crippen LogP contribution >= 0.6 is 0 Å². The molecule has 0 nitrogen and oxygen atoms in total. The average molecular weight is 375 g/mol. The summed E-state index contributed by atoms with van der Waals surface area (Å²) in [6.45, 7) is 2.31. The first-order valence-electron chi connectivity index (χ1n) is 11.0. The van der Waals surface area contributed by atoms with Crippen molar-refractivity contribution in [1.29, 1.82) is 0 Å². The highest BCUT2D eigenvalue weighted by Crippen LogP contribution is 2.37. The van der Waals surface area contributed by atoms with Crippen LogP contribution in [0.3, 0.4) is 0 Å². The molecule has 0 heterocycles. The standard InChI is InChI=1S/C27H31F/c1-2-3-20-6-11-23(12-7-20)24-13-8-21(9-14-24)4-5-22-10-15-26-19-27(28)17-16-25(26)18-22/h8-10,13-20,23H,2-7,11-12H2,1H3/t20-,23-. The van der Waals surface area contributed by atoms with E-state index in [2.05, 4.69) is 43.3 Å². The van der Waals surface area contributed by atoms with Gasteiger partial charge in [0.1, 0.15) is 5.82 Å². The summed E-state index contributed by atoms with van der Waals surface area (Å²) in [6.07, 6.45) is 10.4. The maximum atomic E-state index is 13.3. The molecule has 4 rings (SSSR count). The minimum absolute atomic E-state index is 0.167. The van der Waals surface area contributed by atoms with Gasteiger partial charge in [0.05, 0.1) is 0 Å². The van der Waals surface area contributed by atoms with Gasteiger partial charge in [-0.05, 0) is 90.0 Å². The molecular formula is C27H31F. The van der Waals surface area contributed by atoms with E-state index < -0.39 is 0 Å².